The van der Waals surface area contributed by atoms with Crippen LogP contribution in [0.25, 0.3) is 0 Å². The van der Waals surface area contributed by atoms with Crippen molar-refractivity contribution < 1.29 is 8.42 Å². The van der Waals surface area contributed by atoms with Crippen LogP contribution in [0.3, 0.4) is 0 Å². The smallest absolute Gasteiger partial charge is 0.193 e. The van der Waals surface area contributed by atoms with Crippen molar-refractivity contribution in [2.24, 2.45) is 0 Å². The number of pyridine rings is 1. The number of aryl methyl sites for hydroxylation is 1. The lowest BCUT2D eigenvalue weighted by Gasteiger charge is -1.95. The Morgan fingerprint density at radius 1 is 1.55 bits per heavy atom. The van der Waals surface area contributed by atoms with Crippen LogP contribution >= 0.6 is 0 Å². The number of nitrogens with zero attached hydrogens (tertiary/aromatic N) is 1. The van der Waals surface area contributed by atoms with E-state index in [1.165, 1.54) is 6.20 Å². The molecule has 11 heavy (non-hydrogen) atoms. The topological polar surface area (TPSA) is 47.0 Å². The molecule has 0 atom stereocenters. The maximum absolute atomic E-state index is 10.9. The van der Waals surface area contributed by atoms with Gasteiger partial charge in [0.1, 0.15) is 0 Å². The fraction of sp³-hybridized carbons (Fsp3) is 0.286. The van der Waals surface area contributed by atoms with Crippen molar-refractivity contribution in [1.82, 2.24) is 4.98 Å². The summed E-state index contributed by atoms with van der Waals surface area (Å²) in [5.41, 5.74) is 0.778. The third-order valence-electron chi connectivity index (χ3n) is 1.17. The lowest BCUT2D eigenvalue weighted by atomic mass is 10.3. The SMILES string of the molecule is Cc1[c]c(S(C)(=O)=O)ncc1. The summed E-state index contributed by atoms with van der Waals surface area (Å²) in [4.78, 5) is 3.67. The van der Waals surface area contributed by atoms with Gasteiger partial charge in [-0.2, -0.15) is 0 Å². The second-order valence-electron chi connectivity index (χ2n) is 2.33. The second-order valence-corrected chi connectivity index (χ2v) is 4.26. The Bertz CT molecular complexity index is 356. The Hall–Kier alpha value is -0.900. The van der Waals surface area contributed by atoms with Crippen LogP contribution in [-0.2, 0) is 9.84 Å². The van der Waals surface area contributed by atoms with Crippen LogP contribution in [0.15, 0.2) is 17.3 Å². The first kappa shape index (κ1) is 8.20. The first-order chi connectivity index (χ1) is 5.00. The molecule has 0 N–H and O–H groups in total. The van der Waals surface area contributed by atoms with Crippen LogP contribution in [0.5, 0.6) is 0 Å². The number of rotatable bonds is 1. The van der Waals surface area contributed by atoms with Crippen molar-refractivity contribution in [1.29, 1.82) is 0 Å². The number of hydrogen-bond donors (Lipinski definition) is 0. The summed E-state index contributed by atoms with van der Waals surface area (Å²) in [6.45, 7) is 1.77. The van der Waals surface area contributed by atoms with E-state index in [9.17, 15) is 8.42 Å². The maximum atomic E-state index is 10.9. The minimum Gasteiger partial charge on any atom is -0.244 e. The van der Waals surface area contributed by atoms with E-state index in [-0.39, 0.29) is 5.03 Å². The molecule has 0 aromatic carbocycles. The van der Waals surface area contributed by atoms with Gasteiger partial charge in [0.15, 0.2) is 14.9 Å². The molecule has 59 valence electrons. The molecule has 0 amide bonds. The minimum atomic E-state index is -3.19. The predicted octanol–water partition coefficient (Wildman–Crippen LogP) is 0.594. The summed E-state index contributed by atoms with van der Waals surface area (Å²) in [7, 11) is -3.19. The molecule has 1 aromatic heterocycles. The molecule has 0 aliphatic carbocycles. The third kappa shape index (κ3) is 2.01. The molecule has 1 aromatic rings. The standard InChI is InChI=1S/C7H8NO2S/c1-6-3-4-8-7(5-6)11(2,9)10/h3-4H,1-2H3. The fourth-order valence-corrected chi connectivity index (χ4v) is 1.25. The van der Waals surface area contributed by atoms with Gasteiger partial charge < -0.3 is 0 Å². The van der Waals surface area contributed by atoms with Crippen molar-refractivity contribution in [3.8, 4) is 0 Å². The van der Waals surface area contributed by atoms with E-state index in [0.29, 0.717) is 0 Å². The van der Waals surface area contributed by atoms with E-state index in [1.807, 2.05) is 0 Å². The van der Waals surface area contributed by atoms with Crippen molar-refractivity contribution in [3.05, 3.63) is 23.9 Å². The molecule has 3 nitrogen and oxygen atoms in total. The van der Waals surface area contributed by atoms with E-state index in [0.717, 1.165) is 11.8 Å². The molecule has 0 aliphatic rings. The molecule has 0 saturated heterocycles. The fourth-order valence-electron chi connectivity index (χ4n) is 0.648. The van der Waals surface area contributed by atoms with Crippen molar-refractivity contribution in [2.75, 3.05) is 6.26 Å². The second kappa shape index (κ2) is 2.62. The van der Waals surface area contributed by atoms with Crippen LogP contribution < -0.4 is 0 Å². The van der Waals surface area contributed by atoms with Crippen LogP contribution in [0.2, 0.25) is 0 Å². The predicted molar refractivity (Wildman–Crippen MR) is 40.9 cm³/mol. The van der Waals surface area contributed by atoms with E-state index >= 15 is 0 Å². The Morgan fingerprint density at radius 2 is 2.18 bits per heavy atom. The van der Waals surface area contributed by atoms with Gasteiger partial charge in [0.05, 0.1) is 0 Å². The number of hydrogen-bond acceptors (Lipinski definition) is 3. The summed E-state index contributed by atoms with van der Waals surface area (Å²) in [5, 5.41) is 0.0116. The zero-order valence-corrected chi connectivity index (χ0v) is 7.14. The highest BCUT2D eigenvalue weighted by Crippen LogP contribution is 2.04. The van der Waals surface area contributed by atoms with Gasteiger partial charge in [-0.1, -0.05) is 0 Å². The van der Waals surface area contributed by atoms with Crippen LogP contribution in [0.4, 0.5) is 0 Å². The molecule has 0 unspecified atom stereocenters. The van der Waals surface area contributed by atoms with E-state index in [1.54, 1.807) is 13.0 Å². The summed E-state index contributed by atoms with van der Waals surface area (Å²) in [6, 6.07) is 4.35. The molecule has 0 aliphatic heterocycles. The highest BCUT2D eigenvalue weighted by atomic mass is 32.2. The van der Waals surface area contributed by atoms with Gasteiger partial charge in [-0.05, 0) is 18.6 Å². The number of sulfone groups is 1. The average Bonchev–Trinajstić information content (AvgIpc) is 1.86. The summed E-state index contributed by atoms with van der Waals surface area (Å²) in [6.07, 6.45) is 2.58. The summed E-state index contributed by atoms with van der Waals surface area (Å²) in [5.74, 6) is 0. The van der Waals surface area contributed by atoms with E-state index in [4.69, 9.17) is 0 Å². The molecule has 4 heteroatoms. The molecule has 1 rings (SSSR count). The van der Waals surface area contributed by atoms with Crippen LogP contribution in [0.1, 0.15) is 5.56 Å². The monoisotopic (exact) mass is 170 g/mol. The van der Waals surface area contributed by atoms with Gasteiger partial charge in [-0.3, -0.25) is 0 Å². The first-order valence-electron chi connectivity index (χ1n) is 3.05. The van der Waals surface area contributed by atoms with Gasteiger partial charge in [0, 0.05) is 18.5 Å². The van der Waals surface area contributed by atoms with Crippen molar-refractivity contribution in [2.45, 2.75) is 11.9 Å². The van der Waals surface area contributed by atoms with Gasteiger partial charge in [-0.15, -0.1) is 0 Å². The van der Waals surface area contributed by atoms with E-state index in [2.05, 4.69) is 11.1 Å². The Balaban J connectivity index is 3.28. The summed E-state index contributed by atoms with van der Waals surface area (Å²) < 4.78 is 21.8. The largest absolute Gasteiger partial charge is 0.244 e. The molecule has 0 spiro atoms. The first-order valence-corrected chi connectivity index (χ1v) is 4.94. The molecule has 0 fully saturated rings. The molecular formula is C7H8NO2S. The van der Waals surface area contributed by atoms with Crippen molar-refractivity contribution >= 4 is 9.84 Å². The normalized spacial score (nSPS) is 11.5. The lowest BCUT2D eigenvalue weighted by Crippen LogP contribution is -2.00. The van der Waals surface area contributed by atoms with Gasteiger partial charge >= 0.3 is 0 Å². The quantitative estimate of drug-likeness (QED) is 0.619. The Labute approximate surface area is 66.0 Å². The summed E-state index contributed by atoms with van der Waals surface area (Å²) >= 11 is 0. The van der Waals surface area contributed by atoms with E-state index < -0.39 is 9.84 Å². The van der Waals surface area contributed by atoms with Crippen LogP contribution in [0, 0.1) is 13.0 Å². The van der Waals surface area contributed by atoms with Gasteiger partial charge in [0.25, 0.3) is 0 Å². The molecule has 1 heterocycles. The Morgan fingerprint density at radius 3 is 2.55 bits per heavy atom. The average molecular weight is 170 g/mol. The van der Waals surface area contributed by atoms with Gasteiger partial charge in [-0.25, -0.2) is 13.4 Å². The highest BCUT2D eigenvalue weighted by molar-refractivity contribution is 7.90. The minimum absolute atomic E-state index is 0.0116. The highest BCUT2D eigenvalue weighted by Gasteiger charge is 2.07. The zero-order valence-electron chi connectivity index (χ0n) is 6.33. The van der Waals surface area contributed by atoms with Gasteiger partial charge in [0.2, 0.25) is 0 Å². The zero-order chi connectivity index (χ0) is 8.48. The molecule has 1 radical (unpaired) electrons. The van der Waals surface area contributed by atoms with Crippen molar-refractivity contribution in [3.63, 3.8) is 0 Å². The molecule has 0 saturated carbocycles. The number of aromatic nitrogens is 1. The van der Waals surface area contributed by atoms with Crippen LogP contribution in [-0.4, -0.2) is 19.7 Å². The molecular weight excluding hydrogens is 162 g/mol. The maximum Gasteiger partial charge on any atom is 0.193 e. The lowest BCUT2D eigenvalue weighted by molar-refractivity contribution is 0.598. The third-order valence-corrected chi connectivity index (χ3v) is 2.08. The molecule has 0 bridgehead atoms. The Kier molecular flexibility index (Phi) is 1.95.